The van der Waals surface area contributed by atoms with Crippen LogP contribution in [-0.4, -0.2) is 0 Å². The number of nitriles is 1. The lowest BCUT2D eigenvalue weighted by Gasteiger charge is -2.17. The van der Waals surface area contributed by atoms with E-state index in [-0.39, 0.29) is 11.9 Å². The first-order valence-corrected chi connectivity index (χ1v) is 7.09. The fourth-order valence-electron chi connectivity index (χ4n) is 1.83. The molecule has 0 radical (unpaired) electrons. The van der Waals surface area contributed by atoms with E-state index in [1.54, 1.807) is 30.3 Å². The van der Waals surface area contributed by atoms with Crippen LogP contribution in [0, 0.1) is 17.1 Å². The molecular weight excluding hydrogens is 343 g/mol. The third kappa shape index (κ3) is 3.30. The molecule has 0 saturated heterocycles. The number of halogens is 3. The lowest BCUT2D eigenvalue weighted by Crippen LogP contribution is -2.08. The van der Waals surface area contributed by atoms with Crippen LogP contribution >= 0.6 is 27.5 Å². The van der Waals surface area contributed by atoms with Gasteiger partial charge in [0.05, 0.1) is 15.7 Å². The van der Waals surface area contributed by atoms with Crippen molar-refractivity contribution in [2.75, 3.05) is 5.32 Å². The van der Waals surface area contributed by atoms with Crippen molar-refractivity contribution in [1.82, 2.24) is 0 Å². The molecule has 1 unspecified atom stereocenters. The Balaban J connectivity index is 2.27. The normalized spacial score (nSPS) is 11.8. The van der Waals surface area contributed by atoms with E-state index in [4.69, 9.17) is 16.9 Å². The summed E-state index contributed by atoms with van der Waals surface area (Å²) in [7, 11) is 0. The SMILES string of the molecule is CC(Nc1cc(Cl)ccc1C#N)c1ccc(F)c(Br)c1. The van der Waals surface area contributed by atoms with E-state index in [0.29, 0.717) is 20.7 Å². The molecule has 0 aliphatic carbocycles. The molecule has 20 heavy (non-hydrogen) atoms. The predicted octanol–water partition coefficient (Wildman–Crippen LogP) is 5.29. The molecule has 0 saturated carbocycles. The van der Waals surface area contributed by atoms with Gasteiger partial charge >= 0.3 is 0 Å². The minimum atomic E-state index is -0.304. The van der Waals surface area contributed by atoms with Gasteiger partial charge in [-0.25, -0.2) is 4.39 Å². The van der Waals surface area contributed by atoms with Crippen LogP contribution in [0.1, 0.15) is 24.1 Å². The van der Waals surface area contributed by atoms with Gasteiger partial charge in [-0.05, 0) is 58.7 Å². The van der Waals surface area contributed by atoms with Gasteiger partial charge < -0.3 is 5.32 Å². The lowest BCUT2D eigenvalue weighted by atomic mass is 10.1. The summed E-state index contributed by atoms with van der Waals surface area (Å²) >= 11 is 9.11. The van der Waals surface area contributed by atoms with Crippen molar-refractivity contribution in [2.45, 2.75) is 13.0 Å². The quantitative estimate of drug-likeness (QED) is 0.814. The highest BCUT2D eigenvalue weighted by atomic mass is 79.9. The van der Waals surface area contributed by atoms with Crippen molar-refractivity contribution in [1.29, 1.82) is 5.26 Å². The molecule has 0 aromatic heterocycles. The van der Waals surface area contributed by atoms with E-state index in [0.717, 1.165) is 5.56 Å². The molecule has 1 atom stereocenters. The second-order valence-corrected chi connectivity index (χ2v) is 5.63. The molecule has 2 rings (SSSR count). The van der Waals surface area contributed by atoms with Gasteiger partial charge in [-0.3, -0.25) is 0 Å². The van der Waals surface area contributed by atoms with Crippen molar-refractivity contribution < 1.29 is 4.39 Å². The highest BCUT2D eigenvalue weighted by Gasteiger charge is 2.10. The summed E-state index contributed by atoms with van der Waals surface area (Å²) < 4.78 is 13.6. The van der Waals surface area contributed by atoms with Gasteiger partial charge in [0.1, 0.15) is 11.9 Å². The highest BCUT2D eigenvalue weighted by molar-refractivity contribution is 9.10. The van der Waals surface area contributed by atoms with Crippen molar-refractivity contribution in [3.8, 4) is 6.07 Å². The molecule has 2 aromatic carbocycles. The third-order valence-corrected chi connectivity index (χ3v) is 3.76. The van der Waals surface area contributed by atoms with E-state index < -0.39 is 0 Å². The number of nitrogens with zero attached hydrogens (tertiary/aromatic N) is 1. The van der Waals surface area contributed by atoms with E-state index in [9.17, 15) is 4.39 Å². The molecule has 102 valence electrons. The molecule has 2 aromatic rings. The Morgan fingerprint density at radius 3 is 2.70 bits per heavy atom. The molecular formula is C15H11BrClFN2. The predicted molar refractivity (Wildman–Crippen MR) is 82.3 cm³/mol. The van der Waals surface area contributed by atoms with Crippen LogP contribution in [0.3, 0.4) is 0 Å². The fraction of sp³-hybridized carbons (Fsp3) is 0.133. The van der Waals surface area contributed by atoms with Crippen LogP contribution in [-0.2, 0) is 0 Å². The number of anilines is 1. The number of hydrogen-bond donors (Lipinski definition) is 1. The fourth-order valence-corrected chi connectivity index (χ4v) is 2.40. The molecule has 5 heteroatoms. The number of rotatable bonds is 3. The second kappa shape index (κ2) is 6.25. The Morgan fingerprint density at radius 2 is 2.05 bits per heavy atom. The first-order valence-electron chi connectivity index (χ1n) is 5.92. The number of hydrogen-bond acceptors (Lipinski definition) is 2. The van der Waals surface area contributed by atoms with Crippen LogP contribution in [0.25, 0.3) is 0 Å². The van der Waals surface area contributed by atoms with Crippen LogP contribution in [0.2, 0.25) is 5.02 Å². The van der Waals surface area contributed by atoms with E-state index in [1.807, 2.05) is 6.92 Å². The summed E-state index contributed by atoms with van der Waals surface area (Å²) in [5.41, 5.74) is 2.08. The molecule has 0 aliphatic heterocycles. The standard InChI is InChI=1S/C15H11BrClFN2/c1-9(10-3-5-14(18)13(16)6-10)20-15-7-12(17)4-2-11(15)8-19/h2-7,9,20H,1H3. The highest BCUT2D eigenvalue weighted by Crippen LogP contribution is 2.27. The lowest BCUT2D eigenvalue weighted by molar-refractivity contribution is 0.619. The molecule has 2 nitrogen and oxygen atoms in total. The maximum absolute atomic E-state index is 13.2. The smallest absolute Gasteiger partial charge is 0.137 e. The van der Waals surface area contributed by atoms with Gasteiger partial charge in [0.2, 0.25) is 0 Å². The van der Waals surface area contributed by atoms with E-state index >= 15 is 0 Å². The maximum atomic E-state index is 13.2. The molecule has 0 bridgehead atoms. The van der Waals surface area contributed by atoms with Gasteiger partial charge in [0.15, 0.2) is 0 Å². The Labute approximate surface area is 130 Å². The Kier molecular flexibility index (Phi) is 4.64. The van der Waals surface area contributed by atoms with Crippen LogP contribution in [0.15, 0.2) is 40.9 Å². The molecule has 0 heterocycles. The topological polar surface area (TPSA) is 35.8 Å². The molecule has 0 fully saturated rings. The number of benzene rings is 2. The summed E-state index contributed by atoms with van der Waals surface area (Å²) in [6, 6.07) is 11.9. The van der Waals surface area contributed by atoms with Gasteiger partial charge in [-0.1, -0.05) is 17.7 Å². The second-order valence-electron chi connectivity index (χ2n) is 4.34. The summed E-state index contributed by atoms with van der Waals surface area (Å²) in [6.07, 6.45) is 0. The van der Waals surface area contributed by atoms with Gasteiger partial charge in [-0.15, -0.1) is 0 Å². The Morgan fingerprint density at radius 1 is 1.30 bits per heavy atom. The third-order valence-electron chi connectivity index (χ3n) is 2.92. The Hall–Kier alpha value is -1.57. The van der Waals surface area contributed by atoms with Gasteiger partial charge in [-0.2, -0.15) is 5.26 Å². The minimum Gasteiger partial charge on any atom is -0.377 e. The Bertz CT molecular complexity index is 682. The van der Waals surface area contributed by atoms with Crippen molar-refractivity contribution in [3.05, 3.63) is 62.8 Å². The van der Waals surface area contributed by atoms with Gasteiger partial charge in [0, 0.05) is 11.1 Å². The summed E-state index contributed by atoms with van der Waals surface area (Å²) in [5, 5.41) is 12.9. The van der Waals surface area contributed by atoms with E-state index in [2.05, 4.69) is 27.3 Å². The number of nitrogens with one attached hydrogen (secondary N) is 1. The zero-order chi connectivity index (χ0) is 14.7. The molecule has 0 amide bonds. The summed E-state index contributed by atoms with van der Waals surface area (Å²) in [5.74, 6) is -0.304. The van der Waals surface area contributed by atoms with Crippen LogP contribution in [0.4, 0.5) is 10.1 Å². The molecule has 0 aliphatic rings. The monoisotopic (exact) mass is 352 g/mol. The minimum absolute atomic E-state index is 0.0857. The maximum Gasteiger partial charge on any atom is 0.137 e. The summed E-state index contributed by atoms with van der Waals surface area (Å²) in [6.45, 7) is 1.93. The summed E-state index contributed by atoms with van der Waals surface area (Å²) in [4.78, 5) is 0. The zero-order valence-electron chi connectivity index (χ0n) is 10.6. The first-order chi connectivity index (χ1) is 9.51. The van der Waals surface area contributed by atoms with Crippen molar-refractivity contribution in [2.24, 2.45) is 0 Å². The molecule has 0 spiro atoms. The average molecular weight is 354 g/mol. The van der Waals surface area contributed by atoms with Crippen molar-refractivity contribution >= 4 is 33.2 Å². The van der Waals surface area contributed by atoms with Crippen molar-refractivity contribution in [3.63, 3.8) is 0 Å². The van der Waals surface area contributed by atoms with Gasteiger partial charge in [0.25, 0.3) is 0 Å². The van der Waals surface area contributed by atoms with Crippen LogP contribution in [0.5, 0.6) is 0 Å². The first kappa shape index (κ1) is 14.8. The zero-order valence-corrected chi connectivity index (χ0v) is 13.0. The van der Waals surface area contributed by atoms with E-state index in [1.165, 1.54) is 6.07 Å². The average Bonchev–Trinajstić information content (AvgIpc) is 2.42. The van der Waals surface area contributed by atoms with Crippen LogP contribution < -0.4 is 5.32 Å². The largest absolute Gasteiger partial charge is 0.377 e. The molecule has 1 N–H and O–H groups in total.